The van der Waals surface area contributed by atoms with Crippen LogP contribution in [0.15, 0.2) is 109 Å². The summed E-state index contributed by atoms with van der Waals surface area (Å²) in [5.41, 5.74) is 13.1. The molecular formula is C36H28N2. The van der Waals surface area contributed by atoms with Gasteiger partial charge in [0, 0.05) is 33.5 Å². The van der Waals surface area contributed by atoms with Crippen molar-refractivity contribution in [2.45, 2.75) is 25.7 Å². The Morgan fingerprint density at radius 2 is 0.868 bits per heavy atom. The van der Waals surface area contributed by atoms with Crippen LogP contribution in [0.25, 0.3) is 56.5 Å². The van der Waals surface area contributed by atoms with E-state index in [9.17, 15) is 0 Å². The van der Waals surface area contributed by atoms with E-state index in [2.05, 4.69) is 131 Å². The highest BCUT2D eigenvalue weighted by molar-refractivity contribution is 5.92. The lowest BCUT2D eigenvalue weighted by Crippen LogP contribution is -2.00. The van der Waals surface area contributed by atoms with Crippen molar-refractivity contribution in [3.05, 3.63) is 132 Å². The summed E-state index contributed by atoms with van der Waals surface area (Å²) in [6.07, 6.45) is 13.7. The molecule has 2 aliphatic carbocycles. The lowest BCUT2D eigenvalue weighted by Gasteiger charge is -2.14. The fraction of sp³-hybridized carbons (Fsp3) is 0.111. The van der Waals surface area contributed by atoms with Gasteiger partial charge in [0.05, 0.1) is 11.0 Å². The van der Waals surface area contributed by atoms with Gasteiger partial charge in [-0.3, -0.25) is 0 Å². The fourth-order valence-corrected chi connectivity index (χ4v) is 6.54. The highest BCUT2D eigenvalue weighted by atomic mass is 15.0. The maximum atomic E-state index is 2.42. The molecule has 0 fully saturated rings. The standard InChI is InChI=1S/C36H28N2/c1-5-13-33-29(9-1)30-10-2-6-14-34(30)37(33)27-21-17-25(18-22-27)26-19-23-28(24-20-26)38-35-15-7-3-11-31(35)32-12-4-8-16-36(32)38/h1,3,5-9,11,13-24H,2,4,10,12H2. The van der Waals surface area contributed by atoms with E-state index in [0.29, 0.717) is 0 Å². The Labute approximate surface area is 222 Å². The molecule has 0 saturated carbocycles. The molecule has 0 amide bonds. The van der Waals surface area contributed by atoms with Crippen LogP contribution < -0.4 is 0 Å². The van der Waals surface area contributed by atoms with Crippen molar-refractivity contribution in [1.82, 2.24) is 9.13 Å². The topological polar surface area (TPSA) is 9.86 Å². The molecule has 182 valence electrons. The minimum absolute atomic E-state index is 1.11. The number of para-hydroxylation sites is 2. The summed E-state index contributed by atoms with van der Waals surface area (Å²) < 4.78 is 4.84. The molecule has 2 nitrogen and oxygen atoms in total. The molecule has 2 heteroatoms. The molecule has 0 unspecified atom stereocenters. The molecule has 38 heavy (non-hydrogen) atoms. The van der Waals surface area contributed by atoms with Gasteiger partial charge in [-0.15, -0.1) is 0 Å². The van der Waals surface area contributed by atoms with Crippen LogP contribution in [0.4, 0.5) is 0 Å². The van der Waals surface area contributed by atoms with Crippen molar-refractivity contribution in [3.63, 3.8) is 0 Å². The van der Waals surface area contributed by atoms with E-state index < -0.39 is 0 Å². The number of fused-ring (bicyclic) bond motifs is 6. The SMILES string of the molecule is C1=Cc2c(c3ccccc3n2-c2ccc(-c3ccc(-n4c5c(c6ccccc64)CCC=C5)cc3)cc2)CC1. The predicted molar refractivity (Wildman–Crippen MR) is 160 cm³/mol. The summed E-state index contributed by atoms with van der Waals surface area (Å²) >= 11 is 0. The summed E-state index contributed by atoms with van der Waals surface area (Å²) in [5, 5.41) is 2.75. The number of rotatable bonds is 3. The van der Waals surface area contributed by atoms with Crippen LogP contribution in [-0.4, -0.2) is 9.13 Å². The van der Waals surface area contributed by atoms with Gasteiger partial charge >= 0.3 is 0 Å². The monoisotopic (exact) mass is 488 g/mol. The molecule has 0 radical (unpaired) electrons. The van der Waals surface area contributed by atoms with Crippen LogP contribution in [0.5, 0.6) is 0 Å². The smallest absolute Gasteiger partial charge is 0.0537 e. The lowest BCUT2D eigenvalue weighted by molar-refractivity contribution is 0.967. The summed E-state index contributed by atoms with van der Waals surface area (Å²) in [4.78, 5) is 0. The molecule has 0 bridgehead atoms. The van der Waals surface area contributed by atoms with Crippen LogP contribution >= 0.6 is 0 Å². The normalized spacial score (nSPS) is 14.2. The summed E-state index contributed by atoms with van der Waals surface area (Å²) in [5.74, 6) is 0. The van der Waals surface area contributed by atoms with Gasteiger partial charge in [0.1, 0.15) is 0 Å². The number of nitrogens with zero attached hydrogens (tertiary/aromatic N) is 2. The Morgan fingerprint density at radius 1 is 0.447 bits per heavy atom. The number of hydrogen-bond acceptors (Lipinski definition) is 0. The van der Waals surface area contributed by atoms with Gasteiger partial charge in [0.25, 0.3) is 0 Å². The minimum Gasteiger partial charge on any atom is -0.310 e. The third-order valence-electron chi connectivity index (χ3n) is 8.30. The van der Waals surface area contributed by atoms with Gasteiger partial charge in [-0.2, -0.15) is 0 Å². The lowest BCUT2D eigenvalue weighted by atomic mass is 10.0. The van der Waals surface area contributed by atoms with Crippen LogP contribution in [0, 0.1) is 0 Å². The van der Waals surface area contributed by atoms with Crippen molar-refractivity contribution in [3.8, 4) is 22.5 Å². The van der Waals surface area contributed by atoms with Crippen molar-refractivity contribution in [1.29, 1.82) is 0 Å². The van der Waals surface area contributed by atoms with Crippen molar-refractivity contribution in [2.75, 3.05) is 0 Å². The molecule has 0 aliphatic heterocycles. The number of aryl methyl sites for hydroxylation is 2. The van der Waals surface area contributed by atoms with Crippen molar-refractivity contribution >= 4 is 34.0 Å². The van der Waals surface area contributed by atoms with Gasteiger partial charge in [-0.25, -0.2) is 0 Å². The molecule has 2 aliphatic rings. The molecule has 4 aromatic carbocycles. The van der Waals surface area contributed by atoms with E-state index in [1.807, 2.05) is 0 Å². The Balaban J connectivity index is 1.17. The van der Waals surface area contributed by atoms with Crippen molar-refractivity contribution < 1.29 is 0 Å². The summed E-state index contributed by atoms with van der Waals surface area (Å²) in [7, 11) is 0. The largest absolute Gasteiger partial charge is 0.310 e. The second-order valence-electron chi connectivity index (χ2n) is 10.4. The zero-order valence-corrected chi connectivity index (χ0v) is 21.3. The summed E-state index contributed by atoms with van der Waals surface area (Å²) in [6.45, 7) is 0. The molecule has 0 atom stereocenters. The summed E-state index contributed by atoms with van der Waals surface area (Å²) in [6, 6.07) is 35.7. The molecule has 0 N–H and O–H groups in total. The van der Waals surface area contributed by atoms with Crippen molar-refractivity contribution in [2.24, 2.45) is 0 Å². The third-order valence-corrected chi connectivity index (χ3v) is 8.30. The van der Waals surface area contributed by atoms with Gasteiger partial charge < -0.3 is 9.13 Å². The van der Waals surface area contributed by atoms with E-state index >= 15 is 0 Å². The number of allylic oxidation sites excluding steroid dienone is 2. The molecule has 2 aromatic heterocycles. The van der Waals surface area contributed by atoms with E-state index in [0.717, 1.165) is 25.7 Å². The first-order chi connectivity index (χ1) is 18.9. The number of aromatic nitrogens is 2. The Kier molecular flexibility index (Phi) is 4.81. The molecule has 2 heterocycles. The zero-order valence-electron chi connectivity index (χ0n) is 21.3. The highest BCUT2D eigenvalue weighted by Gasteiger charge is 2.19. The van der Waals surface area contributed by atoms with Crippen LogP contribution in [0.2, 0.25) is 0 Å². The second kappa shape index (κ2) is 8.49. The third kappa shape index (κ3) is 3.20. The number of hydrogen-bond donors (Lipinski definition) is 0. The van der Waals surface area contributed by atoms with Gasteiger partial charge in [-0.05, 0) is 96.5 Å². The molecule has 0 saturated heterocycles. The predicted octanol–water partition coefficient (Wildman–Crippen LogP) is 9.16. The van der Waals surface area contributed by atoms with E-state index in [-0.39, 0.29) is 0 Å². The maximum Gasteiger partial charge on any atom is 0.0537 e. The van der Waals surface area contributed by atoms with E-state index in [4.69, 9.17) is 0 Å². The highest BCUT2D eigenvalue weighted by Crippen LogP contribution is 2.36. The number of benzene rings is 4. The Morgan fingerprint density at radius 3 is 1.32 bits per heavy atom. The Hall–Kier alpha value is -4.56. The molecular weight excluding hydrogens is 460 g/mol. The Bertz CT molecular complexity index is 1750. The fourth-order valence-electron chi connectivity index (χ4n) is 6.54. The minimum atomic E-state index is 1.11. The first-order valence-corrected chi connectivity index (χ1v) is 13.7. The van der Waals surface area contributed by atoms with Gasteiger partial charge in [-0.1, -0.05) is 72.8 Å². The van der Waals surface area contributed by atoms with E-state index in [1.54, 1.807) is 0 Å². The average Bonchev–Trinajstić information content (AvgIpc) is 3.51. The maximum absolute atomic E-state index is 2.42. The average molecular weight is 489 g/mol. The van der Waals surface area contributed by atoms with Gasteiger partial charge in [0.2, 0.25) is 0 Å². The molecule has 0 spiro atoms. The first kappa shape index (κ1) is 21.5. The quantitative estimate of drug-likeness (QED) is 0.235. The van der Waals surface area contributed by atoms with Crippen LogP contribution in [0.3, 0.4) is 0 Å². The van der Waals surface area contributed by atoms with Crippen LogP contribution in [-0.2, 0) is 12.8 Å². The van der Waals surface area contributed by atoms with Crippen LogP contribution in [0.1, 0.15) is 35.4 Å². The van der Waals surface area contributed by atoms with E-state index in [1.165, 1.54) is 66.8 Å². The second-order valence-corrected chi connectivity index (χ2v) is 10.4. The molecule has 8 rings (SSSR count). The first-order valence-electron chi connectivity index (χ1n) is 13.7. The van der Waals surface area contributed by atoms with Gasteiger partial charge in [0.15, 0.2) is 0 Å². The zero-order chi connectivity index (χ0) is 25.1. The molecule has 6 aromatic rings.